The van der Waals surface area contributed by atoms with Crippen LogP contribution in [0.1, 0.15) is 5.56 Å². The van der Waals surface area contributed by atoms with E-state index in [1.807, 2.05) is 0 Å². The predicted molar refractivity (Wildman–Crippen MR) is 66.8 cm³/mol. The average molecular weight is 318 g/mol. The van der Waals surface area contributed by atoms with Crippen molar-refractivity contribution in [1.82, 2.24) is 4.31 Å². The first-order valence-corrected chi connectivity index (χ1v) is 7.23. The summed E-state index contributed by atoms with van der Waals surface area (Å²) in [4.78, 5) is -0.135. The second kappa shape index (κ2) is 6.14. The van der Waals surface area contributed by atoms with E-state index in [4.69, 9.17) is 23.2 Å². The lowest BCUT2D eigenvalue weighted by atomic mass is 10.2. The van der Waals surface area contributed by atoms with E-state index in [-0.39, 0.29) is 15.8 Å². The Labute approximate surface area is 114 Å². The van der Waals surface area contributed by atoms with Crippen LogP contribution in [0, 0.1) is 0 Å². The molecule has 0 N–H and O–H groups in total. The van der Waals surface area contributed by atoms with Crippen molar-refractivity contribution in [2.75, 3.05) is 13.6 Å². The number of nitrogens with zero attached hydrogens (tertiary/aromatic N) is 1. The van der Waals surface area contributed by atoms with Crippen LogP contribution >= 0.6 is 23.2 Å². The van der Waals surface area contributed by atoms with E-state index in [2.05, 4.69) is 0 Å². The molecule has 0 unspecified atom stereocenters. The molecule has 0 heterocycles. The molecule has 0 bridgehead atoms. The van der Waals surface area contributed by atoms with Crippen molar-refractivity contribution in [3.05, 3.63) is 28.8 Å². The molecule has 0 atom stereocenters. The molecule has 1 aromatic carbocycles. The lowest BCUT2D eigenvalue weighted by Gasteiger charge is -2.17. The summed E-state index contributed by atoms with van der Waals surface area (Å²) < 4.78 is 48.8. The highest BCUT2D eigenvalue weighted by atomic mass is 35.5. The quantitative estimate of drug-likeness (QED) is 0.783. The van der Waals surface area contributed by atoms with Gasteiger partial charge >= 0.3 is 0 Å². The molecular weight excluding hydrogens is 307 g/mol. The molecule has 0 aliphatic rings. The third-order valence-electron chi connectivity index (χ3n) is 2.27. The van der Waals surface area contributed by atoms with Gasteiger partial charge in [-0.3, -0.25) is 0 Å². The molecule has 0 fully saturated rings. The highest BCUT2D eigenvalue weighted by molar-refractivity contribution is 7.89. The monoisotopic (exact) mass is 317 g/mol. The summed E-state index contributed by atoms with van der Waals surface area (Å²) in [6, 6.07) is 3.95. The minimum absolute atomic E-state index is 0.135. The van der Waals surface area contributed by atoms with Gasteiger partial charge in [0.05, 0.1) is 11.4 Å². The fraction of sp³-hybridized carbons (Fsp3) is 0.400. The topological polar surface area (TPSA) is 37.4 Å². The molecule has 0 aromatic heterocycles. The lowest BCUT2D eigenvalue weighted by molar-refractivity contribution is 0.126. The normalized spacial score (nSPS) is 12.4. The minimum Gasteiger partial charge on any atom is -0.209 e. The predicted octanol–water partition coefficient (Wildman–Crippen LogP) is 2.96. The molecule has 0 amide bonds. The van der Waals surface area contributed by atoms with E-state index >= 15 is 0 Å². The Hall–Kier alpha value is -0.430. The van der Waals surface area contributed by atoms with Gasteiger partial charge in [0.25, 0.3) is 6.43 Å². The van der Waals surface area contributed by atoms with Gasteiger partial charge in [-0.15, -0.1) is 11.6 Å². The minimum atomic E-state index is -3.96. The molecule has 0 aliphatic heterocycles. The summed E-state index contributed by atoms with van der Waals surface area (Å²) in [6.45, 7) is -0.864. The number of hydrogen-bond donors (Lipinski definition) is 0. The van der Waals surface area contributed by atoms with Gasteiger partial charge in [0, 0.05) is 18.0 Å². The summed E-state index contributed by atoms with van der Waals surface area (Å²) in [6.07, 6.45) is -2.73. The number of hydrogen-bond acceptors (Lipinski definition) is 2. The maximum Gasteiger partial charge on any atom is 0.252 e. The van der Waals surface area contributed by atoms with Gasteiger partial charge in [-0.2, -0.15) is 4.31 Å². The average Bonchev–Trinajstić information content (AvgIpc) is 2.27. The van der Waals surface area contributed by atoms with Crippen LogP contribution in [-0.4, -0.2) is 32.7 Å². The second-order valence-corrected chi connectivity index (χ2v) is 6.28. The van der Waals surface area contributed by atoms with Crippen LogP contribution in [0.5, 0.6) is 0 Å². The maximum absolute atomic E-state index is 12.2. The van der Waals surface area contributed by atoms with Crippen LogP contribution < -0.4 is 0 Å². The van der Waals surface area contributed by atoms with Gasteiger partial charge in [-0.05, 0) is 17.7 Å². The van der Waals surface area contributed by atoms with Crippen LogP contribution in [0.3, 0.4) is 0 Å². The first kappa shape index (κ1) is 15.6. The summed E-state index contributed by atoms with van der Waals surface area (Å²) in [5.74, 6) is 0.145. The van der Waals surface area contributed by atoms with Crippen molar-refractivity contribution in [3.63, 3.8) is 0 Å². The maximum atomic E-state index is 12.2. The Balaban J connectivity index is 3.09. The van der Waals surface area contributed by atoms with Crippen molar-refractivity contribution in [1.29, 1.82) is 0 Å². The van der Waals surface area contributed by atoms with Crippen LogP contribution in [0.15, 0.2) is 23.1 Å². The van der Waals surface area contributed by atoms with Crippen molar-refractivity contribution >= 4 is 33.2 Å². The Morgan fingerprint density at radius 3 is 2.44 bits per heavy atom. The van der Waals surface area contributed by atoms with Crippen LogP contribution in [0.4, 0.5) is 8.78 Å². The van der Waals surface area contributed by atoms with E-state index in [1.54, 1.807) is 0 Å². The Morgan fingerprint density at radius 1 is 1.39 bits per heavy atom. The van der Waals surface area contributed by atoms with Gasteiger partial charge < -0.3 is 0 Å². The van der Waals surface area contributed by atoms with Crippen LogP contribution in [0.2, 0.25) is 5.02 Å². The number of rotatable bonds is 5. The molecule has 0 aliphatic carbocycles. The summed E-state index contributed by atoms with van der Waals surface area (Å²) in [7, 11) is -2.87. The van der Waals surface area contributed by atoms with E-state index < -0.39 is 23.0 Å². The van der Waals surface area contributed by atoms with Gasteiger partial charge in [0.15, 0.2) is 0 Å². The molecule has 1 rings (SSSR count). The van der Waals surface area contributed by atoms with Crippen molar-refractivity contribution in [2.24, 2.45) is 0 Å². The Kier molecular flexibility index (Phi) is 5.33. The molecule has 0 saturated carbocycles. The second-order valence-electron chi connectivity index (χ2n) is 3.56. The molecule has 102 valence electrons. The number of alkyl halides is 3. The zero-order valence-corrected chi connectivity index (χ0v) is 11.7. The molecular formula is C10H11Cl2F2NO2S. The van der Waals surface area contributed by atoms with E-state index in [0.717, 1.165) is 7.05 Å². The molecule has 3 nitrogen and oxygen atoms in total. The number of halogens is 4. The first-order chi connectivity index (χ1) is 8.28. The highest BCUT2D eigenvalue weighted by Crippen LogP contribution is 2.24. The highest BCUT2D eigenvalue weighted by Gasteiger charge is 2.24. The van der Waals surface area contributed by atoms with E-state index in [9.17, 15) is 17.2 Å². The van der Waals surface area contributed by atoms with E-state index in [1.165, 1.54) is 18.2 Å². The first-order valence-electron chi connectivity index (χ1n) is 4.88. The largest absolute Gasteiger partial charge is 0.252 e. The SMILES string of the molecule is CN(CC(F)F)S(=O)(=O)c1ccc(CCl)c(Cl)c1. The van der Waals surface area contributed by atoms with Gasteiger partial charge in [0.2, 0.25) is 10.0 Å². The fourth-order valence-corrected chi connectivity index (χ4v) is 3.06. The van der Waals surface area contributed by atoms with Crippen molar-refractivity contribution < 1.29 is 17.2 Å². The van der Waals surface area contributed by atoms with Gasteiger partial charge in [0.1, 0.15) is 0 Å². The number of benzene rings is 1. The third-order valence-corrected chi connectivity index (χ3v) is 4.73. The zero-order chi connectivity index (χ0) is 13.9. The van der Waals surface area contributed by atoms with Crippen molar-refractivity contribution in [2.45, 2.75) is 17.2 Å². The van der Waals surface area contributed by atoms with Crippen LogP contribution in [0.25, 0.3) is 0 Å². The standard InChI is InChI=1S/C10H11Cl2F2NO2S/c1-15(6-10(13)14)18(16,17)8-3-2-7(5-11)9(12)4-8/h2-4,10H,5-6H2,1H3. The molecule has 0 radical (unpaired) electrons. The third kappa shape index (κ3) is 3.54. The molecule has 1 aromatic rings. The number of sulfonamides is 1. The smallest absolute Gasteiger partial charge is 0.209 e. The Morgan fingerprint density at radius 2 is 2.00 bits per heavy atom. The van der Waals surface area contributed by atoms with Gasteiger partial charge in [-0.25, -0.2) is 17.2 Å². The molecule has 0 saturated heterocycles. The molecule has 8 heteroatoms. The fourth-order valence-electron chi connectivity index (χ4n) is 1.27. The molecule has 18 heavy (non-hydrogen) atoms. The van der Waals surface area contributed by atoms with E-state index in [0.29, 0.717) is 9.87 Å². The lowest BCUT2D eigenvalue weighted by Crippen LogP contribution is -2.31. The molecule has 0 spiro atoms. The van der Waals surface area contributed by atoms with Crippen LogP contribution in [-0.2, 0) is 15.9 Å². The Bertz CT molecular complexity index is 523. The zero-order valence-electron chi connectivity index (χ0n) is 9.41. The van der Waals surface area contributed by atoms with Crippen molar-refractivity contribution in [3.8, 4) is 0 Å². The summed E-state index contributed by atoms with van der Waals surface area (Å²) in [5.41, 5.74) is 0.578. The summed E-state index contributed by atoms with van der Waals surface area (Å²) in [5, 5.41) is 0.191. The van der Waals surface area contributed by atoms with Gasteiger partial charge in [-0.1, -0.05) is 17.7 Å². The summed E-state index contributed by atoms with van der Waals surface area (Å²) >= 11 is 11.4.